The standard InChI is InChI=1S/C15H21F2NO/c1-3-19-14-7-6-12(9-11(14)2)15(16,17)10-13-5-4-8-18-13/h6-7,9,13,18H,3-5,8,10H2,1-2H3. The lowest BCUT2D eigenvalue weighted by Gasteiger charge is -2.21. The molecular formula is C15H21F2NO. The van der Waals surface area contributed by atoms with Crippen molar-refractivity contribution in [1.29, 1.82) is 0 Å². The lowest BCUT2D eigenvalue weighted by molar-refractivity contribution is -0.0214. The largest absolute Gasteiger partial charge is 0.494 e. The van der Waals surface area contributed by atoms with Crippen molar-refractivity contribution in [2.24, 2.45) is 0 Å². The van der Waals surface area contributed by atoms with Crippen molar-refractivity contribution < 1.29 is 13.5 Å². The van der Waals surface area contributed by atoms with E-state index >= 15 is 0 Å². The average molecular weight is 269 g/mol. The maximum absolute atomic E-state index is 14.2. The van der Waals surface area contributed by atoms with Gasteiger partial charge in [0.2, 0.25) is 0 Å². The number of nitrogens with one attached hydrogen (secondary N) is 1. The third-order valence-electron chi connectivity index (χ3n) is 3.56. The summed E-state index contributed by atoms with van der Waals surface area (Å²) in [5.74, 6) is -2.10. The minimum atomic E-state index is -2.78. The number of hydrogen-bond donors (Lipinski definition) is 1. The molecule has 1 aromatic rings. The zero-order valence-electron chi connectivity index (χ0n) is 11.5. The minimum Gasteiger partial charge on any atom is -0.494 e. The summed E-state index contributed by atoms with van der Waals surface area (Å²) in [7, 11) is 0. The van der Waals surface area contributed by atoms with Crippen LogP contribution in [0.5, 0.6) is 5.75 Å². The molecule has 19 heavy (non-hydrogen) atoms. The number of hydrogen-bond acceptors (Lipinski definition) is 2. The third-order valence-corrected chi connectivity index (χ3v) is 3.56. The van der Waals surface area contributed by atoms with Crippen LogP contribution in [-0.2, 0) is 5.92 Å². The molecule has 1 saturated heterocycles. The van der Waals surface area contributed by atoms with Gasteiger partial charge in [-0.1, -0.05) is 0 Å². The van der Waals surface area contributed by atoms with Gasteiger partial charge in [-0.2, -0.15) is 0 Å². The second-order valence-corrected chi connectivity index (χ2v) is 5.12. The fourth-order valence-electron chi connectivity index (χ4n) is 2.55. The van der Waals surface area contributed by atoms with Gasteiger partial charge in [-0.15, -0.1) is 0 Å². The smallest absolute Gasteiger partial charge is 0.274 e. The van der Waals surface area contributed by atoms with E-state index in [-0.39, 0.29) is 18.0 Å². The van der Waals surface area contributed by atoms with Gasteiger partial charge in [0.05, 0.1) is 6.61 Å². The van der Waals surface area contributed by atoms with Crippen LogP contribution >= 0.6 is 0 Å². The molecule has 2 rings (SSSR count). The fourth-order valence-corrected chi connectivity index (χ4v) is 2.55. The highest BCUT2D eigenvalue weighted by atomic mass is 19.3. The number of rotatable bonds is 5. The van der Waals surface area contributed by atoms with Crippen LogP contribution in [0.1, 0.15) is 37.3 Å². The van der Waals surface area contributed by atoms with E-state index < -0.39 is 5.92 Å². The van der Waals surface area contributed by atoms with Crippen molar-refractivity contribution in [3.8, 4) is 5.75 Å². The molecule has 0 aromatic heterocycles. The fraction of sp³-hybridized carbons (Fsp3) is 0.600. The quantitative estimate of drug-likeness (QED) is 0.881. The molecule has 106 valence electrons. The molecule has 1 fully saturated rings. The first-order valence-electron chi connectivity index (χ1n) is 6.88. The van der Waals surface area contributed by atoms with Crippen LogP contribution in [0.4, 0.5) is 8.78 Å². The number of halogens is 2. The maximum atomic E-state index is 14.2. The highest BCUT2D eigenvalue weighted by Gasteiger charge is 2.35. The lowest BCUT2D eigenvalue weighted by atomic mass is 9.98. The van der Waals surface area contributed by atoms with Gasteiger partial charge in [0.25, 0.3) is 5.92 Å². The second-order valence-electron chi connectivity index (χ2n) is 5.12. The zero-order valence-corrected chi connectivity index (χ0v) is 11.5. The summed E-state index contributed by atoms with van der Waals surface area (Å²) in [5.41, 5.74) is 0.848. The van der Waals surface area contributed by atoms with Gasteiger partial charge in [-0.25, -0.2) is 8.78 Å². The Kier molecular flexibility index (Phi) is 4.40. The Bertz CT molecular complexity index is 428. The minimum absolute atomic E-state index is 0.0677. The second kappa shape index (κ2) is 5.87. The molecule has 1 N–H and O–H groups in total. The summed E-state index contributed by atoms with van der Waals surface area (Å²) in [6.07, 6.45) is 1.70. The molecule has 0 saturated carbocycles. The van der Waals surface area contributed by atoms with Gasteiger partial charge in [0, 0.05) is 18.0 Å². The van der Waals surface area contributed by atoms with Gasteiger partial charge in [-0.3, -0.25) is 0 Å². The highest BCUT2D eigenvalue weighted by molar-refractivity contribution is 5.38. The Labute approximate surface area is 113 Å². The van der Waals surface area contributed by atoms with Gasteiger partial charge in [0.1, 0.15) is 5.75 Å². The average Bonchev–Trinajstić information content (AvgIpc) is 2.84. The molecule has 1 aliphatic heterocycles. The Balaban J connectivity index is 2.12. The van der Waals surface area contributed by atoms with Crippen molar-refractivity contribution in [2.45, 2.75) is 45.1 Å². The van der Waals surface area contributed by atoms with E-state index in [9.17, 15) is 8.78 Å². The molecule has 0 aliphatic carbocycles. The van der Waals surface area contributed by atoms with Crippen LogP contribution in [0, 0.1) is 6.92 Å². The molecule has 4 heteroatoms. The van der Waals surface area contributed by atoms with E-state index in [0.29, 0.717) is 12.4 Å². The summed E-state index contributed by atoms with van der Waals surface area (Å²) in [6.45, 7) is 5.08. The van der Waals surface area contributed by atoms with Crippen molar-refractivity contribution >= 4 is 0 Å². The van der Waals surface area contributed by atoms with E-state index in [0.717, 1.165) is 24.9 Å². The van der Waals surface area contributed by atoms with E-state index in [1.807, 2.05) is 6.92 Å². The molecule has 1 heterocycles. The molecule has 2 nitrogen and oxygen atoms in total. The van der Waals surface area contributed by atoms with E-state index in [1.54, 1.807) is 19.1 Å². The van der Waals surface area contributed by atoms with E-state index in [4.69, 9.17) is 4.74 Å². The third kappa shape index (κ3) is 3.44. The Morgan fingerprint density at radius 3 is 2.79 bits per heavy atom. The first-order chi connectivity index (χ1) is 9.03. The van der Waals surface area contributed by atoms with Gasteiger partial charge >= 0.3 is 0 Å². The predicted molar refractivity (Wildman–Crippen MR) is 71.9 cm³/mol. The van der Waals surface area contributed by atoms with Crippen molar-refractivity contribution in [3.05, 3.63) is 29.3 Å². The molecule has 1 unspecified atom stereocenters. The van der Waals surface area contributed by atoms with E-state index in [2.05, 4.69) is 5.32 Å². The zero-order chi connectivity index (χ0) is 13.9. The van der Waals surface area contributed by atoms with E-state index in [1.165, 1.54) is 6.07 Å². The monoisotopic (exact) mass is 269 g/mol. The van der Waals surface area contributed by atoms with Crippen LogP contribution < -0.4 is 10.1 Å². The van der Waals surface area contributed by atoms with Crippen LogP contribution in [0.25, 0.3) is 0 Å². The molecule has 0 spiro atoms. The highest BCUT2D eigenvalue weighted by Crippen LogP contribution is 2.36. The molecule has 0 amide bonds. The summed E-state index contributed by atoms with van der Waals surface area (Å²) < 4.78 is 33.8. The number of aryl methyl sites for hydroxylation is 1. The molecule has 0 radical (unpaired) electrons. The number of benzene rings is 1. The van der Waals surface area contributed by atoms with Crippen LogP contribution in [0.15, 0.2) is 18.2 Å². The first-order valence-corrected chi connectivity index (χ1v) is 6.88. The SMILES string of the molecule is CCOc1ccc(C(F)(F)CC2CCCN2)cc1C. The van der Waals surface area contributed by atoms with Crippen LogP contribution in [0.2, 0.25) is 0 Å². The molecule has 1 atom stereocenters. The molecule has 1 aliphatic rings. The maximum Gasteiger partial charge on any atom is 0.274 e. The molecule has 1 aromatic carbocycles. The summed E-state index contributed by atoms with van der Waals surface area (Å²) in [6, 6.07) is 4.60. The predicted octanol–water partition coefficient (Wildman–Crippen LogP) is 3.63. The molecular weight excluding hydrogens is 248 g/mol. The Hall–Kier alpha value is -1.16. The van der Waals surface area contributed by atoms with Gasteiger partial charge in [-0.05, 0) is 57.0 Å². The molecule has 0 bridgehead atoms. The topological polar surface area (TPSA) is 21.3 Å². The normalized spacial score (nSPS) is 19.7. The number of alkyl halides is 2. The van der Waals surface area contributed by atoms with Crippen molar-refractivity contribution in [1.82, 2.24) is 5.32 Å². The lowest BCUT2D eigenvalue weighted by Crippen LogP contribution is -2.29. The summed E-state index contributed by atoms with van der Waals surface area (Å²) >= 11 is 0. The first kappa shape index (κ1) is 14.3. The Morgan fingerprint density at radius 2 is 2.21 bits per heavy atom. The van der Waals surface area contributed by atoms with Crippen molar-refractivity contribution in [2.75, 3.05) is 13.2 Å². The Morgan fingerprint density at radius 1 is 1.42 bits per heavy atom. The van der Waals surface area contributed by atoms with Gasteiger partial charge < -0.3 is 10.1 Å². The number of ether oxygens (including phenoxy) is 1. The summed E-state index contributed by atoms with van der Waals surface area (Å²) in [4.78, 5) is 0. The van der Waals surface area contributed by atoms with Crippen molar-refractivity contribution in [3.63, 3.8) is 0 Å². The summed E-state index contributed by atoms with van der Waals surface area (Å²) in [5, 5.41) is 3.12. The van der Waals surface area contributed by atoms with Crippen LogP contribution in [-0.4, -0.2) is 19.2 Å². The van der Waals surface area contributed by atoms with Gasteiger partial charge in [0.15, 0.2) is 0 Å². The van der Waals surface area contributed by atoms with Crippen LogP contribution in [0.3, 0.4) is 0 Å².